The lowest BCUT2D eigenvalue weighted by molar-refractivity contribution is 0.103. The Balaban J connectivity index is 2.25. The van der Waals surface area contributed by atoms with Crippen LogP contribution in [0.2, 0.25) is 5.02 Å². The van der Waals surface area contributed by atoms with E-state index in [0.29, 0.717) is 15.9 Å². The van der Waals surface area contributed by atoms with E-state index in [1.54, 1.807) is 42.5 Å². The molecule has 5 heteroatoms. The van der Waals surface area contributed by atoms with Gasteiger partial charge in [0.15, 0.2) is 0 Å². The van der Waals surface area contributed by atoms with Crippen molar-refractivity contribution in [2.75, 3.05) is 0 Å². The van der Waals surface area contributed by atoms with Crippen LogP contribution in [0.5, 0.6) is 5.75 Å². The molecule has 0 saturated carbocycles. The van der Waals surface area contributed by atoms with E-state index >= 15 is 0 Å². The van der Waals surface area contributed by atoms with E-state index in [1.165, 1.54) is 6.07 Å². The second-order valence-electron chi connectivity index (χ2n) is 4.56. The Morgan fingerprint density at radius 2 is 1.86 bits per heavy atom. The summed E-state index contributed by atoms with van der Waals surface area (Å²) in [6.45, 7) is 0. The second-order valence-corrected chi connectivity index (χ2v) is 5.00. The van der Waals surface area contributed by atoms with E-state index < -0.39 is 11.3 Å². The summed E-state index contributed by atoms with van der Waals surface area (Å²) in [5.41, 5.74) is -0.187. The zero-order chi connectivity index (χ0) is 15.0. The minimum Gasteiger partial charge on any atom is -0.506 e. The lowest BCUT2D eigenvalue weighted by Gasteiger charge is -2.07. The Morgan fingerprint density at radius 3 is 2.62 bits per heavy atom. The van der Waals surface area contributed by atoms with Crippen molar-refractivity contribution in [2.45, 2.75) is 0 Å². The van der Waals surface area contributed by atoms with Crippen LogP contribution in [-0.4, -0.2) is 15.9 Å². The molecule has 3 rings (SSSR count). The molecular weight excluding hydrogens is 290 g/mol. The number of aromatic hydroxyl groups is 1. The van der Waals surface area contributed by atoms with Crippen LogP contribution in [0.25, 0.3) is 10.9 Å². The van der Waals surface area contributed by atoms with Crippen LogP contribution in [0, 0.1) is 0 Å². The molecule has 0 amide bonds. The van der Waals surface area contributed by atoms with Crippen molar-refractivity contribution in [3.8, 4) is 5.75 Å². The van der Waals surface area contributed by atoms with Crippen molar-refractivity contribution in [1.29, 1.82) is 0 Å². The van der Waals surface area contributed by atoms with Gasteiger partial charge in [0.1, 0.15) is 11.3 Å². The lowest BCUT2D eigenvalue weighted by atomic mass is 10.0. The van der Waals surface area contributed by atoms with Crippen LogP contribution in [0.4, 0.5) is 0 Å². The van der Waals surface area contributed by atoms with E-state index in [1.807, 2.05) is 0 Å². The fraction of sp³-hybridized carbons (Fsp3) is 0. The van der Waals surface area contributed by atoms with Crippen molar-refractivity contribution < 1.29 is 9.90 Å². The summed E-state index contributed by atoms with van der Waals surface area (Å²) in [6, 6.07) is 13.0. The fourth-order valence-corrected chi connectivity index (χ4v) is 2.40. The van der Waals surface area contributed by atoms with E-state index in [2.05, 4.69) is 4.98 Å². The number of H-pyrrole nitrogens is 1. The summed E-state index contributed by atoms with van der Waals surface area (Å²) in [5, 5.41) is 11.1. The van der Waals surface area contributed by atoms with Crippen molar-refractivity contribution >= 4 is 28.3 Å². The number of carbonyl (C=O) groups is 1. The highest BCUT2D eigenvalue weighted by molar-refractivity contribution is 6.31. The standard InChI is InChI=1S/C16H10ClNO3/c17-10-5-3-4-9(8-10)14(19)13-15(20)11-6-1-2-7-12(11)18-16(13)21/h1-8H,(H2,18,20,21). The Kier molecular flexibility index (Phi) is 3.23. The lowest BCUT2D eigenvalue weighted by Crippen LogP contribution is -2.18. The van der Waals surface area contributed by atoms with Gasteiger partial charge >= 0.3 is 0 Å². The molecule has 0 bridgehead atoms. The van der Waals surface area contributed by atoms with E-state index in [9.17, 15) is 14.7 Å². The van der Waals surface area contributed by atoms with Gasteiger partial charge in [-0.3, -0.25) is 9.59 Å². The second kappa shape index (κ2) is 5.07. The SMILES string of the molecule is O=C(c1cccc(Cl)c1)c1c(O)c2ccccc2[nH]c1=O. The monoisotopic (exact) mass is 299 g/mol. The molecule has 0 radical (unpaired) electrons. The molecule has 0 aliphatic carbocycles. The number of fused-ring (bicyclic) bond motifs is 1. The third kappa shape index (κ3) is 2.30. The van der Waals surface area contributed by atoms with Crippen LogP contribution < -0.4 is 5.56 Å². The molecular formula is C16H10ClNO3. The van der Waals surface area contributed by atoms with Gasteiger partial charge in [-0.25, -0.2) is 0 Å². The average molecular weight is 300 g/mol. The first-order valence-electron chi connectivity index (χ1n) is 6.22. The molecule has 4 nitrogen and oxygen atoms in total. The first kappa shape index (κ1) is 13.4. The highest BCUT2D eigenvalue weighted by atomic mass is 35.5. The summed E-state index contributed by atoms with van der Waals surface area (Å²) in [4.78, 5) is 27.1. The zero-order valence-electron chi connectivity index (χ0n) is 10.8. The Morgan fingerprint density at radius 1 is 1.10 bits per heavy atom. The zero-order valence-corrected chi connectivity index (χ0v) is 11.5. The molecule has 0 spiro atoms. The maximum atomic E-state index is 12.4. The number of aromatic amines is 1. The van der Waals surface area contributed by atoms with Gasteiger partial charge < -0.3 is 10.1 Å². The number of benzene rings is 2. The summed E-state index contributed by atoms with van der Waals surface area (Å²) in [5.74, 6) is -0.888. The van der Waals surface area contributed by atoms with Gasteiger partial charge in [-0.1, -0.05) is 35.9 Å². The van der Waals surface area contributed by atoms with Crippen LogP contribution in [0.15, 0.2) is 53.3 Å². The fourth-order valence-electron chi connectivity index (χ4n) is 2.21. The predicted molar refractivity (Wildman–Crippen MR) is 81.1 cm³/mol. The number of hydrogen-bond acceptors (Lipinski definition) is 3. The maximum Gasteiger partial charge on any atom is 0.263 e. The number of pyridine rings is 1. The normalized spacial score (nSPS) is 10.7. The number of carbonyl (C=O) groups excluding carboxylic acids is 1. The van der Waals surface area contributed by atoms with Gasteiger partial charge in [-0.2, -0.15) is 0 Å². The third-order valence-corrected chi connectivity index (χ3v) is 3.44. The minimum atomic E-state index is -0.629. The Hall–Kier alpha value is -2.59. The molecule has 3 aromatic rings. The predicted octanol–water partition coefficient (Wildman–Crippen LogP) is 3.12. The highest BCUT2D eigenvalue weighted by Gasteiger charge is 2.20. The van der Waals surface area contributed by atoms with Crippen molar-refractivity contribution in [1.82, 2.24) is 4.98 Å². The van der Waals surface area contributed by atoms with E-state index in [-0.39, 0.29) is 16.9 Å². The topological polar surface area (TPSA) is 70.2 Å². The van der Waals surface area contributed by atoms with Gasteiger partial charge in [-0.15, -0.1) is 0 Å². The molecule has 1 aromatic heterocycles. The first-order valence-corrected chi connectivity index (χ1v) is 6.60. The molecule has 0 atom stereocenters. The third-order valence-electron chi connectivity index (χ3n) is 3.21. The minimum absolute atomic E-state index is 0.249. The van der Waals surface area contributed by atoms with Gasteiger partial charge in [0.05, 0.1) is 5.52 Å². The maximum absolute atomic E-state index is 12.4. The molecule has 1 heterocycles. The van der Waals surface area contributed by atoms with Gasteiger partial charge in [0, 0.05) is 16.0 Å². The van der Waals surface area contributed by atoms with Crippen molar-refractivity contribution in [3.63, 3.8) is 0 Å². The molecule has 104 valence electrons. The smallest absolute Gasteiger partial charge is 0.263 e. The summed E-state index contributed by atoms with van der Waals surface area (Å²) in [6.07, 6.45) is 0. The van der Waals surface area contributed by atoms with Gasteiger partial charge in [0.25, 0.3) is 5.56 Å². The molecule has 21 heavy (non-hydrogen) atoms. The van der Waals surface area contributed by atoms with Crippen LogP contribution in [0.1, 0.15) is 15.9 Å². The molecule has 0 saturated heterocycles. The van der Waals surface area contributed by atoms with Crippen LogP contribution in [0.3, 0.4) is 0 Å². The quantitative estimate of drug-likeness (QED) is 0.714. The molecule has 0 aliphatic heterocycles. The Labute approximate surface area is 124 Å². The molecule has 0 fully saturated rings. The number of aromatic nitrogens is 1. The Bertz CT molecular complexity index is 915. The van der Waals surface area contributed by atoms with Crippen LogP contribution >= 0.6 is 11.6 Å². The highest BCUT2D eigenvalue weighted by Crippen LogP contribution is 2.26. The summed E-state index contributed by atoms with van der Waals surface area (Å²) >= 11 is 5.85. The number of ketones is 1. The number of hydrogen-bond donors (Lipinski definition) is 2. The number of halogens is 1. The van der Waals surface area contributed by atoms with E-state index in [0.717, 1.165) is 0 Å². The van der Waals surface area contributed by atoms with Gasteiger partial charge in [0.2, 0.25) is 5.78 Å². The largest absolute Gasteiger partial charge is 0.506 e. The first-order chi connectivity index (χ1) is 10.1. The number of nitrogens with one attached hydrogen (secondary N) is 1. The summed E-state index contributed by atoms with van der Waals surface area (Å²) in [7, 11) is 0. The van der Waals surface area contributed by atoms with Gasteiger partial charge in [-0.05, 0) is 24.3 Å². The molecule has 2 aromatic carbocycles. The molecule has 2 N–H and O–H groups in total. The van der Waals surface area contributed by atoms with Crippen LogP contribution in [-0.2, 0) is 0 Å². The summed E-state index contributed by atoms with van der Waals surface area (Å²) < 4.78 is 0. The average Bonchev–Trinajstić information content (AvgIpc) is 2.47. The van der Waals surface area contributed by atoms with Crippen molar-refractivity contribution in [3.05, 3.63) is 75.0 Å². The molecule has 0 aliphatic rings. The van der Waals surface area contributed by atoms with Crippen molar-refractivity contribution in [2.24, 2.45) is 0 Å². The number of rotatable bonds is 2. The number of para-hydroxylation sites is 1. The van der Waals surface area contributed by atoms with E-state index in [4.69, 9.17) is 11.6 Å². The molecule has 0 unspecified atom stereocenters.